The van der Waals surface area contributed by atoms with E-state index >= 15 is 0 Å². The summed E-state index contributed by atoms with van der Waals surface area (Å²) in [6.07, 6.45) is 4.98. The Balaban J connectivity index is 2.00. The zero-order valence-corrected chi connectivity index (χ0v) is 15.9. The third kappa shape index (κ3) is 3.76. The molecule has 0 saturated heterocycles. The lowest BCUT2D eigenvalue weighted by Gasteiger charge is -2.18. The Hall–Kier alpha value is -2.30. The van der Waals surface area contributed by atoms with Crippen LogP contribution >= 0.6 is 0 Å². The minimum atomic E-state index is 0.0850. The van der Waals surface area contributed by atoms with Crippen LogP contribution in [-0.2, 0) is 18.2 Å². The maximum absolute atomic E-state index is 6.38. The van der Waals surface area contributed by atoms with Gasteiger partial charge in [-0.3, -0.25) is 0 Å². The molecule has 3 rings (SSSR count). The second-order valence-corrected chi connectivity index (χ2v) is 6.64. The van der Waals surface area contributed by atoms with E-state index in [0.29, 0.717) is 6.54 Å². The smallest absolute Gasteiger partial charge is 0.136 e. The van der Waals surface area contributed by atoms with Crippen molar-refractivity contribution in [1.82, 2.24) is 4.57 Å². The molecule has 0 amide bonds. The van der Waals surface area contributed by atoms with Crippen molar-refractivity contribution in [3.63, 3.8) is 0 Å². The maximum Gasteiger partial charge on any atom is 0.136 e. The van der Waals surface area contributed by atoms with Crippen LogP contribution in [0, 0.1) is 0 Å². The molecule has 0 spiro atoms. The van der Waals surface area contributed by atoms with Crippen molar-refractivity contribution in [3.8, 4) is 11.5 Å². The van der Waals surface area contributed by atoms with Crippen LogP contribution in [-0.4, -0.2) is 18.2 Å². The van der Waals surface area contributed by atoms with E-state index in [0.717, 1.165) is 52.8 Å². The van der Waals surface area contributed by atoms with E-state index in [1.165, 1.54) is 0 Å². The van der Waals surface area contributed by atoms with Crippen LogP contribution in [0.4, 0.5) is 0 Å². The molecule has 0 saturated carbocycles. The summed E-state index contributed by atoms with van der Waals surface area (Å²) >= 11 is 0. The third-order valence-electron chi connectivity index (χ3n) is 4.82. The summed E-state index contributed by atoms with van der Waals surface area (Å²) in [6.45, 7) is 2.76. The highest BCUT2D eigenvalue weighted by Gasteiger charge is 2.14. The Kier molecular flexibility index (Phi) is 5.96. The summed E-state index contributed by atoms with van der Waals surface area (Å²) < 4.78 is 14.1. The van der Waals surface area contributed by atoms with E-state index in [2.05, 4.69) is 48.0 Å². The minimum absolute atomic E-state index is 0.0850. The van der Waals surface area contributed by atoms with Crippen LogP contribution in [0.1, 0.15) is 37.0 Å². The molecule has 0 fully saturated rings. The lowest BCUT2D eigenvalue weighted by Crippen LogP contribution is -2.06. The molecule has 2 N–H and O–H groups in total. The topological polar surface area (TPSA) is 49.4 Å². The van der Waals surface area contributed by atoms with Gasteiger partial charge in [0.05, 0.1) is 11.6 Å². The summed E-state index contributed by atoms with van der Waals surface area (Å²) in [4.78, 5) is 0. The first-order valence-corrected chi connectivity index (χ1v) is 9.25. The largest absolute Gasteiger partial charge is 0.456 e. The number of methoxy groups -OCH3 is 1. The van der Waals surface area contributed by atoms with Crippen LogP contribution < -0.4 is 10.5 Å². The van der Waals surface area contributed by atoms with Crippen LogP contribution in [0.5, 0.6) is 11.5 Å². The molecule has 4 nitrogen and oxygen atoms in total. The number of nitrogens with zero attached hydrogens (tertiary/aromatic N) is 1. The van der Waals surface area contributed by atoms with E-state index in [9.17, 15) is 0 Å². The summed E-state index contributed by atoms with van der Waals surface area (Å²) in [5, 5.41) is 1.11. The van der Waals surface area contributed by atoms with E-state index in [1.54, 1.807) is 7.11 Å². The van der Waals surface area contributed by atoms with Crippen molar-refractivity contribution in [1.29, 1.82) is 0 Å². The number of aryl methyl sites for hydroxylation is 1. The van der Waals surface area contributed by atoms with Crippen LogP contribution in [0.25, 0.3) is 10.9 Å². The van der Waals surface area contributed by atoms with Crippen LogP contribution in [0.15, 0.2) is 48.7 Å². The molecule has 1 atom stereocenters. The fourth-order valence-corrected chi connectivity index (χ4v) is 3.39. The number of fused-ring (bicyclic) bond motifs is 1. The molecule has 26 heavy (non-hydrogen) atoms. The Morgan fingerprint density at radius 2 is 1.96 bits per heavy atom. The summed E-state index contributed by atoms with van der Waals surface area (Å²) in [6, 6.07) is 14.6. The first-order valence-electron chi connectivity index (χ1n) is 9.25. The highest BCUT2D eigenvalue weighted by Crippen LogP contribution is 2.35. The van der Waals surface area contributed by atoms with Crippen LogP contribution in [0.3, 0.4) is 0 Å². The molecule has 1 heterocycles. The van der Waals surface area contributed by atoms with Gasteiger partial charge in [0.25, 0.3) is 0 Å². The number of hydrogen-bond acceptors (Lipinski definition) is 3. The summed E-state index contributed by atoms with van der Waals surface area (Å²) in [5.74, 6) is 1.73. The number of ether oxygens (including phenoxy) is 2. The van der Waals surface area contributed by atoms with Gasteiger partial charge in [-0.2, -0.15) is 0 Å². The second-order valence-electron chi connectivity index (χ2n) is 6.64. The molecule has 0 bridgehead atoms. The van der Waals surface area contributed by atoms with Crippen molar-refractivity contribution in [3.05, 3.63) is 59.8 Å². The molecule has 138 valence electrons. The van der Waals surface area contributed by atoms with Gasteiger partial charge in [0.1, 0.15) is 11.5 Å². The van der Waals surface area contributed by atoms with Gasteiger partial charge in [-0.1, -0.05) is 31.5 Å². The monoisotopic (exact) mass is 352 g/mol. The first kappa shape index (κ1) is 18.5. The normalized spacial score (nSPS) is 12.5. The standard InChI is InChI=1S/C22H28N2O2/c1-4-6-20(25-3)17-10-9-16(11-13-23)22(15-17)26-21-8-5-7-19-18(21)12-14-24(19)2/h5,7-10,12,14-15,20H,4,6,11,13,23H2,1-3H3. The van der Waals surface area contributed by atoms with Gasteiger partial charge in [-0.25, -0.2) is 0 Å². The summed E-state index contributed by atoms with van der Waals surface area (Å²) in [5.41, 5.74) is 9.22. The fourth-order valence-electron chi connectivity index (χ4n) is 3.39. The van der Waals surface area contributed by atoms with Crippen molar-refractivity contribution in [2.24, 2.45) is 12.8 Å². The summed E-state index contributed by atoms with van der Waals surface area (Å²) in [7, 11) is 3.81. The lowest BCUT2D eigenvalue weighted by molar-refractivity contribution is 0.0948. The SMILES string of the molecule is CCCC(OC)c1ccc(CCN)c(Oc2cccc3c2ccn3C)c1. The van der Waals surface area contributed by atoms with Crippen molar-refractivity contribution in [2.75, 3.05) is 13.7 Å². The number of aromatic nitrogens is 1. The third-order valence-corrected chi connectivity index (χ3v) is 4.82. The molecule has 3 aromatic rings. The van der Waals surface area contributed by atoms with E-state index in [-0.39, 0.29) is 6.10 Å². The average Bonchev–Trinajstić information content (AvgIpc) is 3.03. The van der Waals surface area contributed by atoms with Crippen molar-refractivity contribution in [2.45, 2.75) is 32.3 Å². The first-order chi connectivity index (χ1) is 12.7. The van der Waals surface area contributed by atoms with Gasteiger partial charge in [0.15, 0.2) is 0 Å². The van der Waals surface area contributed by atoms with E-state index in [4.69, 9.17) is 15.2 Å². The quantitative estimate of drug-likeness (QED) is 0.623. The van der Waals surface area contributed by atoms with Gasteiger partial charge in [-0.05, 0) is 54.8 Å². The number of benzene rings is 2. The maximum atomic E-state index is 6.38. The Bertz CT molecular complexity index is 870. The average molecular weight is 352 g/mol. The molecule has 0 aliphatic rings. The van der Waals surface area contributed by atoms with Gasteiger partial charge in [-0.15, -0.1) is 0 Å². The highest BCUT2D eigenvalue weighted by molar-refractivity contribution is 5.86. The minimum Gasteiger partial charge on any atom is -0.456 e. The van der Waals surface area contributed by atoms with Gasteiger partial charge in [0, 0.05) is 25.7 Å². The fraction of sp³-hybridized carbons (Fsp3) is 0.364. The number of hydrogen-bond donors (Lipinski definition) is 1. The highest BCUT2D eigenvalue weighted by atomic mass is 16.5. The molecule has 1 aromatic heterocycles. The molecule has 0 radical (unpaired) electrons. The lowest BCUT2D eigenvalue weighted by atomic mass is 10.0. The zero-order chi connectivity index (χ0) is 18.5. The zero-order valence-electron chi connectivity index (χ0n) is 15.9. The van der Waals surface area contributed by atoms with Crippen molar-refractivity contribution < 1.29 is 9.47 Å². The van der Waals surface area contributed by atoms with Crippen molar-refractivity contribution >= 4 is 10.9 Å². The Labute approximate surface area is 155 Å². The molecule has 4 heteroatoms. The number of rotatable bonds is 8. The van der Waals surface area contributed by atoms with Gasteiger partial charge in [0.2, 0.25) is 0 Å². The molecule has 1 unspecified atom stereocenters. The predicted molar refractivity (Wildman–Crippen MR) is 107 cm³/mol. The van der Waals surface area contributed by atoms with E-state index < -0.39 is 0 Å². The molecule has 0 aliphatic carbocycles. The molecular weight excluding hydrogens is 324 g/mol. The van der Waals surface area contributed by atoms with E-state index in [1.807, 2.05) is 19.2 Å². The van der Waals surface area contributed by atoms with Crippen LogP contribution in [0.2, 0.25) is 0 Å². The Morgan fingerprint density at radius 1 is 1.12 bits per heavy atom. The molecule has 2 aromatic carbocycles. The molecular formula is C22H28N2O2. The number of nitrogens with two attached hydrogens (primary N) is 1. The van der Waals surface area contributed by atoms with Gasteiger partial charge >= 0.3 is 0 Å². The molecule has 0 aliphatic heterocycles. The second kappa shape index (κ2) is 8.39. The Morgan fingerprint density at radius 3 is 2.69 bits per heavy atom. The predicted octanol–water partition coefficient (Wildman–Crippen LogP) is 4.96. The van der Waals surface area contributed by atoms with Gasteiger partial charge < -0.3 is 19.8 Å².